The molecule has 0 fully saturated rings. The molecule has 1 heterocycles. The van der Waals surface area contributed by atoms with Gasteiger partial charge in [0.1, 0.15) is 5.56 Å². The van der Waals surface area contributed by atoms with Crippen LogP contribution in [0.15, 0.2) is 23.1 Å². The van der Waals surface area contributed by atoms with Crippen molar-refractivity contribution in [3.8, 4) is 0 Å². The maximum atomic E-state index is 12.1. The van der Waals surface area contributed by atoms with E-state index >= 15 is 0 Å². The zero-order valence-corrected chi connectivity index (χ0v) is 10.8. The predicted molar refractivity (Wildman–Crippen MR) is 70.3 cm³/mol. The number of aryl methyl sites for hydroxylation is 1. The van der Waals surface area contributed by atoms with E-state index in [1.807, 2.05) is 0 Å². The number of nitrogens with two attached hydrogens (primary N) is 1. The van der Waals surface area contributed by atoms with Crippen LogP contribution in [0.25, 0.3) is 0 Å². The van der Waals surface area contributed by atoms with Gasteiger partial charge >= 0.3 is 0 Å². The molecule has 2 aromatic rings. The minimum Gasteiger partial charge on any atom is -0.396 e. The van der Waals surface area contributed by atoms with E-state index in [4.69, 9.17) is 28.9 Å². The van der Waals surface area contributed by atoms with E-state index in [0.29, 0.717) is 0 Å². The Morgan fingerprint density at radius 3 is 2.56 bits per heavy atom. The summed E-state index contributed by atoms with van der Waals surface area (Å²) in [7, 11) is 1.51. The van der Waals surface area contributed by atoms with Gasteiger partial charge < -0.3 is 10.8 Å². The molecule has 0 aliphatic rings. The number of H-pyrrole nitrogens is 1. The summed E-state index contributed by atoms with van der Waals surface area (Å²) in [6.07, 6.45) is 1.33. The normalized spacial score (nSPS) is 10.6. The van der Waals surface area contributed by atoms with Gasteiger partial charge in [-0.25, -0.2) is 0 Å². The standard InChI is InChI=1S/C11H9Cl2N3O2/c1-16-11(18)6(4-15-16)10(17)5-2-3-7(12)9(14)8(5)13/h2-4,15H,14H2,1H3. The van der Waals surface area contributed by atoms with Crippen molar-refractivity contribution in [1.29, 1.82) is 0 Å². The van der Waals surface area contributed by atoms with E-state index < -0.39 is 11.3 Å². The van der Waals surface area contributed by atoms with Gasteiger partial charge in [0.05, 0.1) is 15.7 Å². The number of aromatic amines is 1. The van der Waals surface area contributed by atoms with Crippen LogP contribution in [0, 0.1) is 0 Å². The second-order valence-electron chi connectivity index (χ2n) is 3.70. The molecule has 0 saturated carbocycles. The van der Waals surface area contributed by atoms with Crippen molar-refractivity contribution in [2.45, 2.75) is 0 Å². The maximum absolute atomic E-state index is 12.1. The van der Waals surface area contributed by atoms with Crippen LogP contribution in [-0.2, 0) is 7.05 Å². The van der Waals surface area contributed by atoms with E-state index in [-0.39, 0.29) is 26.9 Å². The van der Waals surface area contributed by atoms with Crippen molar-refractivity contribution in [2.24, 2.45) is 7.05 Å². The first-order valence-corrected chi connectivity index (χ1v) is 5.71. The second kappa shape index (κ2) is 4.51. The summed E-state index contributed by atoms with van der Waals surface area (Å²) in [4.78, 5) is 23.8. The molecular weight excluding hydrogens is 277 g/mol. The molecule has 0 bridgehead atoms. The molecule has 1 aromatic carbocycles. The number of anilines is 1. The summed E-state index contributed by atoms with van der Waals surface area (Å²) >= 11 is 11.7. The number of hydrogen-bond acceptors (Lipinski definition) is 3. The fourth-order valence-corrected chi connectivity index (χ4v) is 1.97. The molecule has 0 unspecified atom stereocenters. The Morgan fingerprint density at radius 2 is 2.00 bits per heavy atom. The quantitative estimate of drug-likeness (QED) is 0.653. The van der Waals surface area contributed by atoms with Crippen molar-refractivity contribution in [3.05, 3.63) is 49.9 Å². The molecule has 0 radical (unpaired) electrons. The van der Waals surface area contributed by atoms with Crippen molar-refractivity contribution >= 4 is 34.7 Å². The van der Waals surface area contributed by atoms with Crippen LogP contribution in [0.3, 0.4) is 0 Å². The summed E-state index contributed by atoms with van der Waals surface area (Å²) in [6.45, 7) is 0. The van der Waals surface area contributed by atoms with E-state index in [0.717, 1.165) is 0 Å². The summed E-state index contributed by atoms with van der Waals surface area (Å²) in [6, 6.07) is 2.91. The molecule has 18 heavy (non-hydrogen) atoms. The topological polar surface area (TPSA) is 80.9 Å². The number of benzene rings is 1. The molecule has 3 N–H and O–H groups in total. The molecule has 5 nitrogen and oxygen atoms in total. The fraction of sp³-hybridized carbons (Fsp3) is 0.0909. The van der Waals surface area contributed by atoms with Crippen LogP contribution < -0.4 is 11.3 Å². The number of carbonyl (C=O) groups is 1. The third-order valence-electron chi connectivity index (χ3n) is 2.55. The molecule has 0 aliphatic carbocycles. The Balaban J connectivity index is 2.57. The first-order chi connectivity index (χ1) is 8.43. The number of aromatic nitrogens is 2. The third kappa shape index (κ3) is 1.91. The number of nitrogens with zero attached hydrogens (tertiary/aromatic N) is 1. The van der Waals surface area contributed by atoms with Crippen molar-refractivity contribution in [1.82, 2.24) is 9.78 Å². The summed E-state index contributed by atoms with van der Waals surface area (Å²) < 4.78 is 1.19. The highest BCUT2D eigenvalue weighted by molar-refractivity contribution is 6.41. The monoisotopic (exact) mass is 285 g/mol. The van der Waals surface area contributed by atoms with Crippen LogP contribution >= 0.6 is 23.2 Å². The number of rotatable bonds is 2. The lowest BCUT2D eigenvalue weighted by molar-refractivity contribution is 0.103. The molecule has 1 aromatic heterocycles. The van der Waals surface area contributed by atoms with Gasteiger partial charge in [0, 0.05) is 18.8 Å². The molecule has 2 rings (SSSR count). The van der Waals surface area contributed by atoms with Crippen molar-refractivity contribution in [3.63, 3.8) is 0 Å². The minimum atomic E-state index is -0.495. The molecule has 0 amide bonds. The number of halogens is 2. The zero-order valence-electron chi connectivity index (χ0n) is 9.33. The Kier molecular flexibility index (Phi) is 3.19. The SMILES string of the molecule is Cn1[nH]cc(C(=O)c2ccc(Cl)c(N)c2Cl)c1=O. The van der Waals surface area contributed by atoms with Crippen LogP contribution in [0.2, 0.25) is 10.0 Å². The van der Waals surface area contributed by atoms with Crippen molar-refractivity contribution < 1.29 is 4.79 Å². The lowest BCUT2D eigenvalue weighted by atomic mass is 10.1. The smallest absolute Gasteiger partial charge is 0.277 e. The van der Waals surface area contributed by atoms with Gasteiger partial charge in [0.15, 0.2) is 0 Å². The van der Waals surface area contributed by atoms with Gasteiger partial charge in [-0.3, -0.25) is 14.3 Å². The van der Waals surface area contributed by atoms with E-state index in [1.165, 1.54) is 30.1 Å². The molecule has 0 saturated heterocycles. The average Bonchev–Trinajstić information content (AvgIpc) is 2.67. The van der Waals surface area contributed by atoms with Gasteiger partial charge in [-0.05, 0) is 12.1 Å². The van der Waals surface area contributed by atoms with Gasteiger partial charge in [-0.1, -0.05) is 23.2 Å². The number of nitrogen functional groups attached to an aromatic ring is 1. The number of nitrogens with one attached hydrogen (secondary N) is 1. The summed E-state index contributed by atoms with van der Waals surface area (Å²) in [5.74, 6) is -0.495. The fourth-order valence-electron chi connectivity index (χ4n) is 1.51. The number of hydrogen-bond donors (Lipinski definition) is 2. The molecule has 94 valence electrons. The Morgan fingerprint density at radius 1 is 1.33 bits per heavy atom. The zero-order chi connectivity index (χ0) is 13.4. The molecule has 0 atom stereocenters. The van der Waals surface area contributed by atoms with Gasteiger partial charge in [0.2, 0.25) is 5.78 Å². The molecule has 7 heteroatoms. The maximum Gasteiger partial charge on any atom is 0.277 e. The largest absolute Gasteiger partial charge is 0.396 e. The van der Waals surface area contributed by atoms with E-state index in [1.54, 1.807) is 0 Å². The Hall–Kier alpha value is -1.72. The van der Waals surface area contributed by atoms with Gasteiger partial charge in [0.25, 0.3) is 5.56 Å². The lowest BCUT2D eigenvalue weighted by Crippen LogP contribution is -2.19. The lowest BCUT2D eigenvalue weighted by Gasteiger charge is -2.05. The van der Waals surface area contributed by atoms with Crippen LogP contribution in [-0.4, -0.2) is 15.6 Å². The average molecular weight is 286 g/mol. The minimum absolute atomic E-state index is 0.00104. The first kappa shape index (κ1) is 12.7. The van der Waals surface area contributed by atoms with Gasteiger partial charge in [-0.2, -0.15) is 0 Å². The Labute approximate surface area is 112 Å². The summed E-state index contributed by atoms with van der Waals surface area (Å²) in [5.41, 5.74) is 5.48. The van der Waals surface area contributed by atoms with Crippen LogP contribution in [0.1, 0.15) is 15.9 Å². The molecule has 0 aliphatic heterocycles. The highest BCUT2D eigenvalue weighted by Crippen LogP contribution is 2.31. The molecular formula is C11H9Cl2N3O2. The number of ketones is 1. The number of carbonyl (C=O) groups excluding carboxylic acids is 1. The highest BCUT2D eigenvalue weighted by atomic mass is 35.5. The second-order valence-corrected chi connectivity index (χ2v) is 4.49. The van der Waals surface area contributed by atoms with Crippen LogP contribution in [0.4, 0.5) is 5.69 Å². The predicted octanol–water partition coefficient (Wildman–Crippen LogP) is 1.83. The van der Waals surface area contributed by atoms with E-state index in [9.17, 15) is 9.59 Å². The Bertz CT molecular complexity index is 688. The van der Waals surface area contributed by atoms with Crippen molar-refractivity contribution in [2.75, 3.05) is 5.73 Å². The van der Waals surface area contributed by atoms with Crippen LogP contribution in [0.5, 0.6) is 0 Å². The highest BCUT2D eigenvalue weighted by Gasteiger charge is 2.20. The molecule has 0 spiro atoms. The first-order valence-electron chi connectivity index (χ1n) is 4.96. The van der Waals surface area contributed by atoms with E-state index in [2.05, 4.69) is 5.10 Å². The third-order valence-corrected chi connectivity index (χ3v) is 3.29. The van der Waals surface area contributed by atoms with Gasteiger partial charge in [-0.15, -0.1) is 0 Å². The summed E-state index contributed by atoms with van der Waals surface area (Å²) in [5, 5.41) is 2.93.